The van der Waals surface area contributed by atoms with E-state index < -0.39 is 12.0 Å². The lowest BCUT2D eigenvalue weighted by Crippen LogP contribution is -2.08. The van der Waals surface area contributed by atoms with Gasteiger partial charge in [-0.15, -0.1) is 0 Å². The Morgan fingerprint density at radius 2 is 2.19 bits per heavy atom. The van der Waals surface area contributed by atoms with E-state index >= 15 is 0 Å². The molecule has 86 valence electrons. The third-order valence-electron chi connectivity index (χ3n) is 1.61. The maximum Gasteiger partial charge on any atom is 0.451 e. The van der Waals surface area contributed by atoms with Crippen molar-refractivity contribution in [3.8, 4) is 0 Å². The average Bonchev–Trinajstić information content (AvgIpc) is 2.68. The van der Waals surface area contributed by atoms with E-state index in [0.29, 0.717) is 0 Å². The van der Waals surface area contributed by atoms with Crippen LogP contribution in [-0.4, -0.2) is 27.9 Å². The number of alkyl halides is 3. The molecule has 0 aliphatic rings. The first-order valence-corrected chi connectivity index (χ1v) is 4.25. The quantitative estimate of drug-likeness (QED) is 0.637. The van der Waals surface area contributed by atoms with Crippen molar-refractivity contribution in [2.45, 2.75) is 6.18 Å². The van der Waals surface area contributed by atoms with Crippen LogP contribution in [0.25, 0.3) is 0 Å². The molecule has 0 aliphatic carbocycles. The molecular formula is C9H9F3N4. The highest BCUT2D eigenvalue weighted by Crippen LogP contribution is 2.25. The monoisotopic (exact) mass is 230 g/mol. The highest BCUT2D eigenvalue weighted by Gasteiger charge is 2.35. The van der Waals surface area contributed by atoms with Gasteiger partial charge in [0.25, 0.3) is 0 Å². The number of H-pyrrole nitrogens is 1. The lowest BCUT2D eigenvalue weighted by Gasteiger charge is -1.98. The van der Waals surface area contributed by atoms with Gasteiger partial charge in [-0.25, -0.2) is 4.98 Å². The lowest BCUT2D eigenvalue weighted by atomic mass is 10.3. The van der Waals surface area contributed by atoms with Crippen LogP contribution in [0, 0.1) is 0 Å². The molecule has 16 heavy (non-hydrogen) atoms. The smallest absolute Gasteiger partial charge is 0.285 e. The van der Waals surface area contributed by atoms with Crippen LogP contribution in [0.3, 0.4) is 0 Å². The zero-order chi connectivity index (χ0) is 12.2. The summed E-state index contributed by atoms with van der Waals surface area (Å²) in [5.41, 5.74) is 0.242. The topological polar surface area (TPSA) is 53.9 Å². The Balaban J connectivity index is 3.01. The van der Waals surface area contributed by atoms with Crippen LogP contribution in [0.4, 0.5) is 13.2 Å². The Kier molecular flexibility index (Phi) is 3.60. The highest BCUT2D eigenvalue weighted by molar-refractivity contribution is 6.06. The van der Waals surface area contributed by atoms with E-state index in [1.807, 2.05) is 5.10 Å². The van der Waals surface area contributed by atoms with Gasteiger partial charge in [-0.2, -0.15) is 18.3 Å². The van der Waals surface area contributed by atoms with E-state index in [9.17, 15) is 13.2 Å². The number of halogens is 3. The van der Waals surface area contributed by atoms with Gasteiger partial charge in [0, 0.05) is 7.05 Å². The first-order chi connectivity index (χ1) is 7.49. The number of aromatic amines is 1. The van der Waals surface area contributed by atoms with Crippen LogP contribution < -0.4 is 0 Å². The van der Waals surface area contributed by atoms with Crippen molar-refractivity contribution < 1.29 is 13.2 Å². The number of rotatable bonds is 3. The first-order valence-electron chi connectivity index (χ1n) is 4.25. The number of allylic oxidation sites excluding steroid dienone is 3. The van der Waals surface area contributed by atoms with Crippen molar-refractivity contribution in [1.29, 1.82) is 0 Å². The molecule has 1 aromatic heterocycles. The molecule has 1 N–H and O–H groups in total. The van der Waals surface area contributed by atoms with E-state index in [1.54, 1.807) is 0 Å². The third kappa shape index (κ3) is 2.78. The van der Waals surface area contributed by atoms with Gasteiger partial charge in [0.05, 0.1) is 0 Å². The molecule has 1 rings (SSSR count). The number of hydrogen-bond acceptors (Lipinski definition) is 3. The Morgan fingerprint density at radius 1 is 1.50 bits per heavy atom. The summed E-state index contributed by atoms with van der Waals surface area (Å²) < 4.78 is 36.6. The van der Waals surface area contributed by atoms with Gasteiger partial charge in [0.15, 0.2) is 5.82 Å². The van der Waals surface area contributed by atoms with Gasteiger partial charge >= 0.3 is 6.18 Å². The minimum Gasteiger partial charge on any atom is -0.285 e. The lowest BCUT2D eigenvalue weighted by molar-refractivity contribution is -0.144. The molecule has 4 nitrogen and oxygen atoms in total. The van der Waals surface area contributed by atoms with Crippen molar-refractivity contribution in [1.82, 2.24) is 15.2 Å². The van der Waals surface area contributed by atoms with E-state index in [4.69, 9.17) is 0 Å². The zero-order valence-electron chi connectivity index (χ0n) is 8.41. The molecule has 0 aromatic carbocycles. The molecule has 7 heteroatoms. The fourth-order valence-corrected chi connectivity index (χ4v) is 0.911. The standard InChI is InChI=1S/C9H9F3N4/c1-3-4-5-6(13-2)7-14-8(16-15-7)9(10,11)12/h3-5H,1H2,2H3,(H,14,15,16)/b5-4-,13-6?. The van der Waals surface area contributed by atoms with Crippen LogP contribution in [-0.2, 0) is 6.18 Å². The van der Waals surface area contributed by atoms with Crippen molar-refractivity contribution in [2.75, 3.05) is 7.05 Å². The van der Waals surface area contributed by atoms with Gasteiger partial charge in [0.1, 0.15) is 5.71 Å². The largest absolute Gasteiger partial charge is 0.451 e. The van der Waals surface area contributed by atoms with E-state index in [-0.39, 0.29) is 11.5 Å². The van der Waals surface area contributed by atoms with Crippen molar-refractivity contribution in [3.05, 3.63) is 36.5 Å². The predicted octanol–water partition coefficient (Wildman–Crippen LogP) is 1.98. The normalized spacial score (nSPS) is 13.4. The second-order valence-electron chi connectivity index (χ2n) is 2.71. The Morgan fingerprint density at radius 3 is 2.62 bits per heavy atom. The molecule has 0 amide bonds. The molecule has 0 spiro atoms. The van der Waals surface area contributed by atoms with Gasteiger partial charge in [-0.3, -0.25) is 10.1 Å². The summed E-state index contributed by atoms with van der Waals surface area (Å²) >= 11 is 0. The van der Waals surface area contributed by atoms with E-state index in [1.165, 1.54) is 25.3 Å². The molecule has 0 unspecified atom stereocenters. The predicted molar refractivity (Wildman–Crippen MR) is 53.2 cm³/mol. The van der Waals surface area contributed by atoms with Crippen molar-refractivity contribution >= 4 is 5.71 Å². The molecular weight excluding hydrogens is 221 g/mol. The molecule has 0 bridgehead atoms. The summed E-state index contributed by atoms with van der Waals surface area (Å²) in [5.74, 6) is -1.25. The van der Waals surface area contributed by atoms with Gasteiger partial charge in [-0.1, -0.05) is 18.7 Å². The molecule has 0 atom stereocenters. The average molecular weight is 230 g/mol. The van der Waals surface area contributed by atoms with Crippen LogP contribution in [0.5, 0.6) is 0 Å². The summed E-state index contributed by atoms with van der Waals surface area (Å²) in [4.78, 5) is 7.06. The van der Waals surface area contributed by atoms with E-state index in [0.717, 1.165) is 0 Å². The van der Waals surface area contributed by atoms with Gasteiger partial charge in [-0.05, 0) is 6.08 Å². The number of nitrogens with one attached hydrogen (secondary N) is 1. The summed E-state index contributed by atoms with van der Waals surface area (Å²) in [7, 11) is 1.44. The van der Waals surface area contributed by atoms with Crippen LogP contribution in [0.1, 0.15) is 11.6 Å². The fraction of sp³-hybridized carbons (Fsp3) is 0.222. The maximum absolute atomic E-state index is 12.2. The Hall–Kier alpha value is -1.92. The molecule has 1 aromatic rings. The summed E-state index contributed by atoms with van der Waals surface area (Å²) in [6.45, 7) is 3.43. The molecule has 0 radical (unpaired) electrons. The van der Waals surface area contributed by atoms with Crippen LogP contribution >= 0.6 is 0 Å². The Bertz CT molecular complexity index is 428. The van der Waals surface area contributed by atoms with Crippen molar-refractivity contribution in [3.63, 3.8) is 0 Å². The highest BCUT2D eigenvalue weighted by atomic mass is 19.4. The van der Waals surface area contributed by atoms with Gasteiger partial charge in [0.2, 0.25) is 5.82 Å². The third-order valence-corrected chi connectivity index (χ3v) is 1.61. The molecule has 0 saturated carbocycles. The second kappa shape index (κ2) is 4.73. The molecule has 1 heterocycles. The number of aliphatic imine (C=N–C) groups is 1. The maximum atomic E-state index is 12.2. The fourth-order valence-electron chi connectivity index (χ4n) is 0.911. The summed E-state index contributed by atoms with van der Waals surface area (Å²) in [6, 6.07) is 0. The number of hydrogen-bond donors (Lipinski definition) is 1. The molecule has 0 aliphatic heterocycles. The summed E-state index contributed by atoms with van der Waals surface area (Å²) in [5, 5.41) is 5.24. The first kappa shape index (κ1) is 12.2. The zero-order valence-corrected chi connectivity index (χ0v) is 8.41. The number of nitrogens with zero attached hydrogens (tertiary/aromatic N) is 3. The Labute approximate surface area is 89.6 Å². The molecule has 0 saturated heterocycles. The van der Waals surface area contributed by atoms with Crippen molar-refractivity contribution in [2.24, 2.45) is 4.99 Å². The SMILES string of the molecule is C=C/C=C\C(=NC)c1n[nH]c(C(F)(F)F)n1. The van der Waals surface area contributed by atoms with Crippen LogP contribution in [0.15, 0.2) is 29.8 Å². The summed E-state index contributed by atoms with van der Waals surface area (Å²) in [6.07, 6.45) is -0.0585. The van der Waals surface area contributed by atoms with Gasteiger partial charge < -0.3 is 0 Å². The second-order valence-corrected chi connectivity index (χ2v) is 2.71. The van der Waals surface area contributed by atoms with E-state index in [2.05, 4.69) is 21.7 Å². The minimum absolute atomic E-state index is 0.104. The van der Waals surface area contributed by atoms with Crippen LogP contribution in [0.2, 0.25) is 0 Å². The number of aromatic nitrogens is 3. The minimum atomic E-state index is -4.54. The molecule has 0 fully saturated rings.